The molecule has 0 spiro atoms. The number of hydrogen-bond donors (Lipinski definition) is 0. The molecule has 0 atom stereocenters. The Morgan fingerprint density at radius 1 is 1.03 bits per heavy atom. The second-order valence-electron chi connectivity index (χ2n) is 6.81. The van der Waals surface area contributed by atoms with Gasteiger partial charge in [0.2, 0.25) is 5.91 Å². The number of anilines is 2. The summed E-state index contributed by atoms with van der Waals surface area (Å²) in [5.74, 6) is -0.285. The normalized spacial score (nSPS) is 13.2. The number of nitrogens with zero attached hydrogens (tertiary/aromatic N) is 4. The van der Waals surface area contributed by atoms with Crippen molar-refractivity contribution in [1.29, 1.82) is 0 Å². The molecule has 32 heavy (non-hydrogen) atoms. The van der Waals surface area contributed by atoms with Crippen LogP contribution in [0.2, 0.25) is 5.02 Å². The number of thioether (sulfide) groups is 1. The van der Waals surface area contributed by atoms with Gasteiger partial charge in [0.1, 0.15) is 0 Å². The number of aromatic nitrogens is 3. The van der Waals surface area contributed by atoms with Crippen molar-refractivity contribution in [2.75, 3.05) is 10.7 Å². The number of alkyl halides is 3. The molecule has 5 rings (SSSR count). The van der Waals surface area contributed by atoms with Crippen LogP contribution >= 0.6 is 35.1 Å². The Balaban J connectivity index is 1.46. The molecule has 0 bridgehead atoms. The average molecular weight is 493 g/mol. The second-order valence-corrected chi connectivity index (χ2v) is 9.24. The number of carbonyl (C=O) groups is 1. The van der Waals surface area contributed by atoms with Crippen LogP contribution in [0.25, 0.3) is 5.65 Å². The van der Waals surface area contributed by atoms with Crippen molar-refractivity contribution < 1.29 is 18.0 Å². The van der Waals surface area contributed by atoms with E-state index in [1.807, 2.05) is 48.5 Å². The zero-order chi connectivity index (χ0) is 22.5. The largest absolute Gasteiger partial charge is 0.417 e. The summed E-state index contributed by atoms with van der Waals surface area (Å²) in [5.41, 5.74) is 0.698. The van der Waals surface area contributed by atoms with Crippen molar-refractivity contribution >= 4 is 58.1 Å². The predicted octanol–water partition coefficient (Wildman–Crippen LogP) is 6.32. The Bertz CT molecular complexity index is 1310. The summed E-state index contributed by atoms with van der Waals surface area (Å²) in [5, 5.41) is 7.78. The van der Waals surface area contributed by atoms with E-state index in [0.29, 0.717) is 0 Å². The zero-order valence-electron chi connectivity index (χ0n) is 16.0. The molecule has 0 N–H and O–H groups in total. The number of benzene rings is 2. The molecule has 0 fully saturated rings. The fourth-order valence-electron chi connectivity index (χ4n) is 3.35. The van der Waals surface area contributed by atoms with Gasteiger partial charge in [0, 0.05) is 16.0 Å². The minimum atomic E-state index is -4.57. The van der Waals surface area contributed by atoms with Crippen LogP contribution < -0.4 is 4.90 Å². The third-order valence-corrected chi connectivity index (χ3v) is 7.10. The third kappa shape index (κ3) is 3.72. The quantitative estimate of drug-likeness (QED) is 0.313. The molecular weight excluding hydrogens is 481 g/mol. The molecule has 1 aliphatic rings. The molecule has 162 valence electrons. The minimum Gasteiger partial charge on any atom is -0.278 e. The number of rotatable bonds is 3. The van der Waals surface area contributed by atoms with Gasteiger partial charge in [0.05, 0.1) is 27.7 Å². The summed E-state index contributed by atoms with van der Waals surface area (Å²) in [6.07, 6.45) is -3.69. The molecule has 5 nitrogen and oxygen atoms in total. The molecule has 0 aliphatic carbocycles. The molecule has 2 aromatic heterocycles. The lowest BCUT2D eigenvalue weighted by Crippen LogP contribution is -2.30. The summed E-state index contributed by atoms with van der Waals surface area (Å²) in [6.45, 7) is 0. The molecule has 0 saturated heterocycles. The molecule has 3 heterocycles. The van der Waals surface area contributed by atoms with Crippen molar-refractivity contribution in [3.05, 3.63) is 71.4 Å². The maximum atomic E-state index is 13.3. The SMILES string of the molecule is O=C(CSc1nnc2c(Cl)cc(C(F)(F)F)cn12)N1c2ccccc2Sc2ccccc21. The molecule has 1 aliphatic heterocycles. The van der Waals surface area contributed by atoms with Gasteiger partial charge in [-0.2, -0.15) is 13.2 Å². The highest BCUT2D eigenvalue weighted by molar-refractivity contribution is 8.00. The van der Waals surface area contributed by atoms with Crippen molar-refractivity contribution in [1.82, 2.24) is 14.6 Å². The summed E-state index contributed by atoms with van der Waals surface area (Å²) < 4.78 is 40.7. The van der Waals surface area contributed by atoms with Crippen LogP contribution in [-0.4, -0.2) is 26.3 Å². The highest BCUT2D eigenvalue weighted by Crippen LogP contribution is 2.48. The van der Waals surface area contributed by atoms with Gasteiger partial charge in [-0.15, -0.1) is 10.2 Å². The van der Waals surface area contributed by atoms with E-state index >= 15 is 0 Å². The van der Waals surface area contributed by atoms with Gasteiger partial charge in [-0.3, -0.25) is 14.1 Å². The Hall–Kier alpha value is -2.69. The molecule has 0 unspecified atom stereocenters. The first-order chi connectivity index (χ1) is 15.3. The van der Waals surface area contributed by atoms with E-state index in [1.165, 1.54) is 0 Å². The zero-order valence-corrected chi connectivity index (χ0v) is 18.4. The van der Waals surface area contributed by atoms with Gasteiger partial charge < -0.3 is 0 Å². The van der Waals surface area contributed by atoms with Gasteiger partial charge in [-0.05, 0) is 30.3 Å². The Morgan fingerprint density at radius 3 is 2.28 bits per heavy atom. The van der Waals surface area contributed by atoms with Gasteiger partial charge in [-0.1, -0.05) is 59.4 Å². The monoisotopic (exact) mass is 492 g/mol. The van der Waals surface area contributed by atoms with Crippen LogP contribution in [0.4, 0.5) is 24.5 Å². The Morgan fingerprint density at radius 2 is 1.66 bits per heavy atom. The van der Waals surface area contributed by atoms with Crippen molar-refractivity contribution in [2.45, 2.75) is 21.1 Å². The van der Waals surface area contributed by atoms with Crippen LogP contribution in [0.5, 0.6) is 0 Å². The highest BCUT2D eigenvalue weighted by Gasteiger charge is 2.33. The van der Waals surface area contributed by atoms with E-state index in [0.717, 1.165) is 49.6 Å². The summed E-state index contributed by atoms with van der Waals surface area (Å²) >= 11 is 8.55. The van der Waals surface area contributed by atoms with Gasteiger partial charge in [-0.25, -0.2) is 0 Å². The van der Waals surface area contributed by atoms with E-state index in [4.69, 9.17) is 11.6 Å². The van der Waals surface area contributed by atoms with E-state index in [-0.39, 0.29) is 27.5 Å². The number of fused-ring (bicyclic) bond motifs is 3. The van der Waals surface area contributed by atoms with Crippen LogP contribution in [-0.2, 0) is 11.0 Å². The lowest BCUT2D eigenvalue weighted by molar-refractivity contribution is -0.137. The molecule has 1 amide bonds. The predicted molar refractivity (Wildman–Crippen MR) is 118 cm³/mol. The molecule has 0 saturated carbocycles. The van der Waals surface area contributed by atoms with Crippen molar-refractivity contribution in [3.8, 4) is 0 Å². The molecule has 2 aromatic carbocycles. The van der Waals surface area contributed by atoms with E-state index in [1.54, 1.807) is 16.7 Å². The third-order valence-electron chi connectivity index (χ3n) is 4.76. The highest BCUT2D eigenvalue weighted by atomic mass is 35.5. The minimum absolute atomic E-state index is 0.0536. The maximum Gasteiger partial charge on any atom is 0.417 e. The molecular formula is C21H12ClF3N4OS2. The lowest BCUT2D eigenvalue weighted by Gasteiger charge is -2.30. The van der Waals surface area contributed by atoms with E-state index in [2.05, 4.69) is 10.2 Å². The fraction of sp³-hybridized carbons (Fsp3) is 0.0952. The fourth-order valence-corrected chi connectivity index (χ4v) is 5.41. The number of para-hydroxylation sites is 2. The maximum absolute atomic E-state index is 13.3. The van der Waals surface area contributed by atoms with Crippen molar-refractivity contribution in [2.24, 2.45) is 0 Å². The van der Waals surface area contributed by atoms with Crippen LogP contribution in [0.1, 0.15) is 5.56 Å². The lowest BCUT2D eigenvalue weighted by atomic mass is 10.2. The summed E-state index contributed by atoms with van der Waals surface area (Å²) in [7, 11) is 0. The summed E-state index contributed by atoms with van der Waals surface area (Å²) in [6, 6.07) is 15.9. The number of carbonyl (C=O) groups excluding carboxylic acids is 1. The number of hydrogen-bond acceptors (Lipinski definition) is 5. The van der Waals surface area contributed by atoms with Crippen molar-refractivity contribution in [3.63, 3.8) is 0 Å². The number of halogens is 4. The van der Waals surface area contributed by atoms with E-state index < -0.39 is 11.7 Å². The molecule has 4 aromatic rings. The summed E-state index contributed by atoms with van der Waals surface area (Å²) in [4.78, 5) is 16.8. The first-order valence-corrected chi connectivity index (χ1v) is 11.4. The first kappa shape index (κ1) is 21.2. The standard InChI is InChI=1S/C21H12ClF3N4OS2/c22-13-9-12(21(23,24)25)10-28-19(13)26-27-20(28)31-11-18(30)29-14-5-1-3-7-16(14)32-17-8-4-2-6-15(17)29/h1-10H,11H2. The smallest absolute Gasteiger partial charge is 0.278 e. The second kappa shape index (κ2) is 8.02. The number of pyridine rings is 1. The Labute approximate surface area is 193 Å². The first-order valence-electron chi connectivity index (χ1n) is 9.26. The molecule has 11 heteroatoms. The average Bonchev–Trinajstić information content (AvgIpc) is 3.19. The van der Waals surface area contributed by atoms with Gasteiger partial charge >= 0.3 is 6.18 Å². The molecule has 0 radical (unpaired) electrons. The van der Waals surface area contributed by atoms with Gasteiger partial charge in [0.25, 0.3) is 0 Å². The van der Waals surface area contributed by atoms with Crippen LogP contribution in [0.3, 0.4) is 0 Å². The Kier molecular flexibility index (Phi) is 5.31. The van der Waals surface area contributed by atoms with Crippen LogP contribution in [0.15, 0.2) is 75.7 Å². The van der Waals surface area contributed by atoms with Gasteiger partial charge in [0.15, 0.2) is 10.8 Å². The van der Waals surface area contributed by atoms with E-state index in [9.17, 15) is 18.0 Å². The number of amides is 1. The van der Waals surface area contributed by atoms with Crippen LogP contribution in [0, 0.1) is 0 Å². The topological polar surface area (TPSA) is 50.5 Å².